The lowest BCUT2D eigenvalue weighted by molar-refractivity contribution is 0.560. The van der Waals surface area contributed by atoms with E-state index in [0.29, 0.717) is 5.65 Å². The lowest BCUT2D eigenvalue weighted by Gasteiger charge is -2.24. The summed E-state index contributed by atoms with van der Waals surface area (Å²) in [6, 6.07) is 3.75. The zero-order valence-electron chi connectivity index (χ0n) is 9.01. The molecule has 0 amide bonds. The van der Waals surface area contributed by atoms with Crippen LogP contribution in [-0.4, -0.2) is 43.9 Å². The van der Waals surface area contributed by atoms with E-state index in [1.54, 1.807) is 0 Å². The van der Waals surface area contributed by atoms with E-state index in [1.165, 1.54) is 4.63 Å². The molecule has 0 aromatic carbocycles. The topological polar surface area (TPSA) is 80.0 Å². The fraction of sp³-hybridized carbons (Fsp3) is 0.556. The van der Waals surface area contributed by atoms with Gasteiger partial charge < -0.3 is 10.6 Å². The molecule has 1 fully saturated rings. The van der Waals surface area contributed by atoms with Crippen molar-refractivity contribution >= 4 is 11.5 Å². The summed E-state index contributed by atoms with van der Waals surface area (Å²) in [4.78, 5) is 0. The number of fused-ring (bicyclic) bond motifs is 1. The third kappa shape index (κ3) is 1.58. The van der Waals surface area contributed by atoms with Gasteiger partial charge in [-0.3, -0.25) is 0 Å². The first-order chi connectivity index (χ1) is 7.75. The molecule has 0 aliphatic carbocycles. The van der Waals surface area contributed by atoms with Crippen molar-refractivity contribution in [3.05, 3.63) is 12.1 Å². The van der Waals surface area contributed by atoms with Gasteiger partial charge in [0.15, 0.2) is 5.65 Å². The van der Waals surface area contributed by atoms with E-state index in [4.69, 9.17) is 0 Å². The molecule has 0 spiro atoms. The summed E-state index contributed by atoms with van der Waals surface area (Å²) >= 11 is 0. The van der Waals surface area contributed by atoms with E-state index in [1.807, 2.05) is 12.1 Å². The number of aromatic nitrogens is 5. The number of hydrogen-bond acceptors (Lipinski definition) is 6. The average Bonchev–Trinajstić information content (AvgIpc) is 2.86. The average molecular weight is 219 g/mol. The minimum absolute atomic E-state index is 0.0642. The maximum absolute atomic E-state index is 4.29. The molecule has 7 heteroatoms. The quantitative estimate of drug-likeness (QED) is 0.720. The fourth-order valence-electron chi connectivity index (χ4n) is 1.95. The first-order valence-corrected chi connectivity index (χ1v) is 5.30. The summed E-state index contributed by atoms with van der Waals surface area (Å²) in [6.07, 6.45) is 1.09. The van der Waals surface area contributed by atoms with Crippen LogP contribution in [0.3, 0.4) is 0 Å². The molecular formula is C9H13N7. The maximum Gasteiger partial charge on any atom is 0.200 e. The van der Waals surface area contributed by atoms with Crippen LogP contribution in [0, 0.1) is 0 Å². The Morgan fingerprint density at radius 3 is 3.25 bits per heavy atom. The molecule has 84 valence electrons. The van der Waals surface area contributed by atoms with Crippen LogP contribution in [0.4, 0.5) is 5.82 Å². The van der Waals surface area contributed by atoms with E-state index >= 15 is 0 Å². The van der Waals surface area contributed by atoms with Crippen LogP contribution in [0.2, 0.25) is 0 Å². The number of nitrogens with one attached hydrogen (secondary N) is 2. The summed E-state index contributed by atoms with van der Waals surface area (Å²) < 4.78 is 1.42. The Bertz CT molecular complexity index is 499. The Balaban J connectivity index is 1.88. The first-order valence-electron chi connectivity index (χ1n) is 5.30. The molecule has 0 bridgehead atoms. The van der Waals surface area contributed by atoms with Crippen molar-refractivity contribution in [3.8, 4) is 0 Å². The van der Waals surface area contributed by atoms with Gasteiger partial charge >= 0.3 is 0 Å². The Morgan fingerprint density at radius 2 is 2.44 bits per heavy atom. The van der Waals surface area contributed by atoms with Crippen LogP contribution in [0.5, 0.6) is 0 Å². The lowest BCUT2D eigenvalue weighted by atomic mass is 10.0. The molecule has 16 heavy (non-hydrogen) atoms. The van der Waals surface area contributed by atoms with Gasteiger partial charge in [0.25, 0.3) is 0 Å². The van der Waals surface area contributed by atoms with Gasteiger partial charge in [0.1, 0.15) is 5.82 Å². The highest BCUT2D eigenvalue weighted by Crippen LogP contribution is 2.19. The summed E-state index contributed by atoms with van der Waals surface area (Å²) in [5.41, 5.74) is 0.717. The number of anilines is 1. The van der Waals surface area contributed by atoms with Crippen molar-refractivity contribution < 1.29 is 0 Å². The van der Waals surface area contributed by atoms with Gasteiger partial charge in [-0.2, -0.15) is 0 Å². The Labute approximate surface area is 92.2 Å². The molecular weight excluding hydrogens is 206 g/mol. The van der Waals surface area contributed by atoms with E-state index < -0.39 is 0 Å². The zero-order valence-corrected chi connectivity index (χ0v) is 9.01. The highest BCUT2D eigenvalue weighted by molar-refractivity contribution is 5.44. The van der Waals surface area contributed by atoms with Crippen molar-refractivity contribution in [1.29, 1.82) is 0 Å². The predicted molar refractivity (Wildman–Crippen MR) is 58.1 cm³/mol. The van der Waals surface area contributed by atoms with E-state index in [9.17, 15) is 0 Å². The van der Waals surface area contributed by atoms with Crippen LogP contribution >= 0.6 is 0 Å². The van der Waals surface area contributed by atoms with Gasteiger partial charge in [0, 0.05) is 12.1 Å². The molecule has 0 radical (unpaired) electrons. The monoisotopic (exact) mass is 219 g/mol. The summed E-state index contributed by atoms with van der Waals surface area (Å²) in [6.45, 7) is 4.16. The summed E-state index contributed by atoms with van der Waals surface area (Å²) in [5, 5.41) is 22.1. The third-order valence-corrected chi connectivity index (χ3v) is 2.87. The van der Waals surface area contributed by atoms with E-state index in [2.05, 4.69) is 38.2 Å². The second-order valence-electron chi connectivity index (χ2n) is 4.36. The zero-order chi connectivity index (χ0) is 11.0. The van der Waals surface area contributed by atoms with Crippen molar-refractivity contribution in [2.45, 2.75) is 18.9 Å². The number of nitrogens with zero attached hydrogens (tertiary/aromatic N) is 5. The molecule has 1 saturated heterocycles. The molecule has 0 saturated carbocycles. The van der Waals surface area contributed by atoms with Crippen LogP contribution in [0.1, 0.15) is 13.3 Å². The van der Waals surface area contributed by atoms with Crippen molar-refractivity contribution in [2.75, 3.05) is 18.4 Å². The largest absolute Gasteiger partial charge is 0.362 e. The van der Waals surface area contributed by atoms with Crippen LogP contribution < -0.4 is 10.6 Å². The highest BCUT2D eigenvalue weighted by Gasteiger charge is 2.28. The number of rotatable bonds is 2. The molecule has 1 aliphatic heterocycles. The highest BCUT2D eigenvalue weighted by atomic mass is 15.6. The molecule has 1 unspecified atom stereocenters. The minimum atomic E-state index is 0.0642. The molecule has 2 aromatic heterocycles. The van der Waals surface area contributed by atoms with E-state index in [-0.39, 0.29) is 5.54 Å². The van der Waals surface area contributed by atoms with Crippen LogP contribution in [0.15, 0.2) is 12.1 Å². The number of tetrazole rings is 1. The van der Waals surface area contributed by atoms with Crippen molar-refractivity contribution in [2.24, 2.45) is 0 Å². The van der Waals surface area contributed by atoms with Crippen molar-refractivity contribution in [3.63, 3.8) is 0 Å². The van der Waals surface area contributed by atoms with Crippen LogP contribution in [-0.2, 0) is 0 Å². The standard InChI is InChI=1S/C9H13N7/c1-9(4-5-10-6-9)11-7-2-3-8-12-14-15-16(8)13-7/h2-3,10H,4-6H2,1H3,(H,11,13). The number of hydrogen-bond donors (Lipinski definition) is 2. The molecule has 3 rings (SSSR count). The smallest absolute Gasteiger partial charge is 0.200 e. The van der Waals surface area contributed by atoms with Gasteiger partial charge in [-0.15, -0.1) is 14.8 Å². The molecule has 2 aromatic rings. The minimum Gasteiger partial charge on any atom is -0.362 e. The van der Waals surface area contributed by atoms with E-state index in [0.717, 1.165) is 25.3 Å². The lowest BCUT2D eigenvalue weighted by Crippen LogP contribution is -2.37. The predicted octanol–water partition coefficient (Wildman–Crippen LogP) is -0.317. The second kappa shape index (κ2) is 3.38. The Hall–Kier alpha value is -1.76. The second-order valence-corrected chi connectivity index (χ2v) is 4.36. The van der Waals surface area contributed by atoms with Crippen LogP contribution in [0.25, 0.3) is 5.65 Å². The molecule has 7 nitrogen and oxygen atoms in total. The van der Waals surface area contributed by atoms with Gasteiger partial charge in [-0.1, -0.05) is 0 Å². The van der Waals surface area contributed by atoms with Crippen molar-refractivity contribution in [1.82, 2.24) is 30.6 Å². The SMILES string of the molecule is CC1(Nc2ccc3nnnn3n2)CCNC1. The van der Waals surface area contributed by atoms with Gasteiger partial charge in [0.2, 0.25) is 0 Å². The Morgan fingerprint density at radius 1 is 1.50 bits per heavy atom. The molecule has 1 aliphatic rings. The molecule has 2 N–H and O–H groups in total. The normalized spacial score (nSPS) is 25.1. The maximum atomic E-state index is 4.29. The fourth-order valence-corrected chi connectivity index (χ4v) is 1.95. The first kappa shape index (κ1) is 9.46. The van der Waals surface area contributed by atoms with Gasteiger partial charge in [0.05, 0.1) is 0 Å². The third-order valence-electron chi connectivity index (χ3n) is 2.87. The summed E-state index contributed by atoms with van der Waals surface area (Å²) in [7, 11) is 0. The van der Waals surface area contributed by atoms with Gasteiger partial charge in [-0.05, 0) is 42.4 Å². The molecule has 3 heterocycles. The van der Waals surface area contributed by atoms with Gasteiger partial charge in [-0.25, -0.2) is 0 Å². The summed E-state index contributed by atoms with van der Waals surface area (Å²) in [5.74, 6) is 0.797. The molecule has 1 atom stereocenters. The Kier molecular flexibility index (Phi) is 2.00.